The molecule has 0 amide bonds. The van der Waals surface area contributed by atoms with Gasteiger partial charge in [-0.15, -0.1) is 0 Å². The Kier molecular flexibility index (Phi) is 3.61. The van der Waals surface area contributed by atoms with Gasteiger partial charge in [0.05, 0.1) is 0 Å². The molecule has 0 saturated carbocycles. The Morgan fingerprint density at radius 2 is 1.63 bits per heavy atom. The first-order valence-corrected chi connectivity index (χ1v) is 5.42. The van der Waals surface area contributed by atoms with Crippen LogP contribution < -0.4 is 4.74 Å². The Morgan fingerprint density at radius 3 is 2.21 bits per heavy atom. The molecule has 0 aliphatic heterocycles. The number of aryl methyl sites for hydroxylation is 1. The average Bonchev–Trinajstić information content (AvgIpc) is 2.36. The normalized spacial score (nSPS) is 10.6. The molecule has 0 atom stereocenters. The maximum atomic E-state index is 13.4. The Labute approximate surface area is 110 Å². The number of ether oxygens (including phenoxy) is 1. The molecule has 7 heteroatoms. The number of halogens is 5. The lowest BCUT2D eigenvalue weighted by Gasteiger charge is -2.10. The van der Waals surface area contributed by atoms with Crippen LogP contribution in [-0.4, -0.2) is 4.98 Å². The smallest absolute Gasteiger partial charge is 0.255 e. The predicted molar refractivity (Wildman–Crippen MR) is 60.3 cm³/mol. The van der Waals surface area contributed by atoms with Crippen molar-refractivity contribution in [2.24, 2.45) is 0 Å². The number of aromatic nitrogens is 1. The van der Waals surface area contributed by atoms with Gasteiger partial charge >= 0.3 is 0 Å². The van der Waals surface area contributed by atoms with Crippen LogP contribution in [0.4, 0.5) is 17.6 Å². The summed E-state index contributed by atoms with van der Waals surface area (Å²) in [6.07, 6.45) is 0. The minimum Gasteiger partial charge on any atom is -0.450 e. The van der Waals surface area contributed by atoms with Crippen molar-refractivity contribution in [3.8, 4) is 11.5 Å². The molecule has 0 spiro atoms. The zero-order valence-electron chi connectivity index (χ0n) is 9.48. The van der Waals surface area contributed by atoms with Gasteiger partial charge in [-0.25, -0.2) is 0 Å². The first-order valence-electron chi connectivity index (χ1n) is 5.04. The monoisotopic (exact) mass is 291 g/mol. The third kappa shape index (κ3) is 2.63. The van der Waals surface area contributed by atoms with Gasteiger partial charge in [0, 0.05) is 5.02 Å². The van der Waals surface area contributed by atoms with E-state index in [1.165, 1.54) is 18.2 Å². The predicted octanol–water partition coefficient (Wildman–Crippen LogP) is 4.39. The Bertz CT molecular complexity index is 622. The molecule has 2 nitrogen and oxygen atoms in total. The molecule has 0 aliphatic rings. The molecule has 100 valence electrons. The van der Waals surface area contributed by atoms with E-state index in [0.29, 0.717) is 5.56 Å². The van der Waals surface area contributed by atoms with Crippen molar-refractivity contribution < 1.29 is 22.3 Å². The second-order valence-corrected chi connectivity index (χ2v) is 4.10. The fraction of sp³-hybridized carbons (Fsp3) is 0.0833. The van der Waals surface area contributed by atoms with Crippen LogP contribution in [0.2, 0.25) is 5.02 Å². The molecule has 0 fully saturated rings. The fourth-order valence-electron chi connectivity index (χ4n) is 1.35. The van der Waals surface area contributed by atoms with Crippen molar-refractivity contribution in [2.75, 3.05) is 0 Å². The summed E-state index contributed by atoms with van der Waals surface area (Å²) in [7, 11) is 0. The third-order valence-corrected chi connectivity index (χ3v) is 2.55. The van der Waals surface area contributed by atoms with Crippen LogP contribution in [0.15, 0.2) is 18.2 Å². The highest BCUT2D eigenvalue weighted by Crippen LogP contribution is 2.32. The van der Waals surface area contributed by atoms with Crippen LogP contribution in [0.3, 0.4) is 0 Å². The summed E-state index contributed by atoms with van der Waals surface area (Å²) in [6, 6.07) is 4.33. The van der Waals surface area contributed by atoms with Crippen LogP contribution in [0.25, 0.3) is 0 Å². The molecule has 0 aliphatic carbocycles. The van der Waals surface area contributed by atoms with Crippen LogP contribution in [-0.2, 0) is 0 Å². The van der Waals surface area contributed by atoms with E-state index in [9.17, 15) is 17.6 Å². The molecule has 0 bridgehead atoms. The van der Waals surface area contributed by atoms with E-state index < -0.39 is 29.3 Å². The van der Waals surface area contributed by atoms with Gasteiger partial charge in [-0.1, -0.05) is 17.7 Å². The molecule has 0 unspecified atom stereocenters. The molecular weight excluding hydrogens is 286 g/mol. The van der Waals surface area contributed by atoms with E-state index in [4.69, 9.17) is 16.3 Å². The topological polar surface area (TPSA) is 22.1 Å². The van der Waals surface area contributed by atoms with Crippen molar-refractivity contribution in [2.45, 2.75) is 6.92 Å². The second-order valence-electron chi connectivity index (χ2n) is 3.66. The van der Waals surface area contributed by atoms with Gasteiger partial charge in [0.2, 0.25) is 17.4 Å². The van der Waals surface area contributed by atoms with Crippen LogP contribution in [0.1, 0.15) is 5.56 Å². The molecule has 0 saturated heterocycles. The molecule has 2 rings (SSSR count). The summed E-state index contributed by atoms with van der Waals surface area (Å²) in [5.74, 6) is -8.20. The van der Waals surface area contributed by atoms with Gasteiger partial charge in [0.1, 0.15) is 5.75 Å². The molecule has 2 aromatic rings. The first kappa shape index (κ1) is 13.6. The van der Waals surface area contributed by atoms with E-state index >= 15 is 0 Å². The third-order valence-electron chi connectivity index (χ3n) is 2.32. The van der Waals surface area contributed by atoms with E-state index in [2.05, 4.69) is 4.98 Å². The van der Waals surface area contributed by atoms with Gasteiger partial charge < -0.3 is 4.74 Å². The zero-order valence-corrected chi connectivity index (χ0v) is 10.2. The summed E-state index contributed by atoms with van der Waals surface area (Å²) in [6.45, 7) is 1.58. The summed E-state index contributed by atoms with van der Waals surface area (Å²) >= 11 is 5.70. The fourth-order valence-corrected chi connectivity index (χ4v) is 1.51. The Hall–Kier alpha value is -1.82. The van der Waals surface area contributed by atoms with E-state index in [-0.39, 0.29) is 10.8 Å². The average molecular weight is 292 g/mol. The number of nitrogens with zero attached hydrogens (tertiary/aromatic N) is 1. The van der Waals surface area contributed by atoms with Gasteiger partial charge in [-0.3, -0.25) is 0 Å². The van der Waals surface area contributed by atoms with Crippen LogP contribution in [0, 0.1) is 30.5 Å². The van der Waals surface area contributed by atoms with Crippen LogP contribution in [0.5, 0.6) is 11.5 Å². The molecule has 1 heterocycles. The second kappa shape index (κ2) is 5.05. The van der Waals surface area contributed by atoms with E-state index in [1.54, 1.807) is 6.92 Å². The standard InChI is InChI=1S/C12H6ClF4NO/c1-5-2-3-6(13)4-7(5)19-10-8(14)11(16)18-12(17)9(10)15/h2-4H,1H3. The highest BCUT2D eigenvalue weighted by molar-refractivity contribution is 6.30. The minimum atomic E-state index is -1.78. The van der Waals surface area contributed by atoms with Crippen molar-refractivity contribution in [1.82, 2.24) is 4.98 Å². The molecule has 0 N–H and O–H groups in total. The lowest BCUT2D eigenvalue weighted by Crippen LogP contribution is -2.03. The quantitative estimate of drug-likeness (QED) is 0.604. The van der Waals surface area contributed by atoms with E-state index in [1.807, 2.05) is 0 Å². The van der Waals surface area contributed by atoms with Crippen molar-refractivity contribution in [1.29, 1.82) is 0 Å². The van der Waals surface area contributed by atoms with Crippen molar-refractivity contribution in [3.63, 3.8) is 0 Å². The van der Waals surface area contributed by atoms with Crippen LogP contribution >= 0.6 is 11.6 Å². The highest BCUT2D eigenvalue weighted by atomic mass is 35.5. The lowest BCUT2D eigenvalue weighted by molar-refractivity contribution is 0.342. The first-order chi connectivity index (χ1) is 8.90. The summed E-state index contributed by atoms with van der Waals surface area (Å²) in [4.78, 5) is 2.43. The summed E-state index contributed by atoms with van der Waals surface area (Å²) < 4.78 is 57.4. The maximum absolute atomic E-state index is 13.4. The van der Waals surface area contributed by atoms with Gasteiger partial charge in [0.25, 0.3) is 11.9 Å². The SMILES string of the molecule is Cc1ccc(Cl)cc1Oc1c(F)c(F)nc(F)c1F. The van der Waals surface area contributed by atoms with Gasteiger partial charge in [-0.2, -0.15) is 22.5 Å². The van der Waals surface area contributed by atoms with Gasteiger partial charge in [-0.05, 0) is 24.6 Å². The van der Waals surface area contributed by atoms with E-state index in [0.717, 1.165) is 0 Å². The minimum absolute atomic E-state index is 0.0182. The molecular formula is C12H6ClF4NO. The summed E-state index contributed by atoms with van der Waals surface area (Å²) in [5, 5.41) is 0.247. The lowest BCUT2D eigenvalue weighted by atomic mass is 10.2. The molecule has 1 aromatic carbocycles. The molecule has 1 aromatic heterocycles. The van der Waals surface area contributed by atoms with Crippen molar-refractivity contribution >= 4 is 11.6 Å². The number of hydrogen-bond donors (Lipinski definition) is 0. The number of pyridine rings is 1. The largest absolute Gasteiger partial charge is 0.450 e. The Balaban J connectivity index is 2.52. The zero-order chi connectivity index (χ0) is 14.2. The number of hydrogen-bond acceptors (Lipinski definition) is 2. The summed E-state index contributed by atoms with van der Waals surface area (Å²) in [5.41, 5.74) is 0.487. The molecule has 19 heavy (non-hydrogen) atoms. The van der Waals surface area contributed by atoms with Crippen molar-refractivity contribution in [3.05, 3.63) is 52.3 Å². The maximum Gasteiger partial charge on any atom is 0.255 e. The van der Waals surface area contributed by atoms with Gasteiger partial charge in [0.15, 0.2) is 0 Å². The number of rotatable bonds is 2. The Morgan fingerprint density at radius 1 is 1.05 bits per heavy atom. The number of benzene rings is 1. The highest BCUT2D eigenvalue weighted by Gasteiger charge is 2.23. The molecule has 0 radical (unpaired) electrons.